The van der Waals surface area contributed by atoms with Gasteiger partial charge in [-0.1, -0.05) is 12.8 Å². The summed E-state index contributed by atoms with van der Waals surface area (Å²) in [4.78, 5) is 33.4. The summed E-state index contributed by atoms with van der Waals surface area (Å²) < 4.78 is 34.4. The molecular weight excluding hydrogens is 424 g/mol. The number of amides is 1. The Bertz CT molecular complexity index is 1040. The van der Waals surface area contributed by atoms with Gasteiger partial charge in [-0.25, -0.2) is 9.78 Å². The quantitative estimate of drug-likeness (QED) is 0.614. The fourth-order valence-electron chi connectivity index (χ4n) is 3.99. The molecule has 1 amide bonds. The molecule has 0 atom stereocenters. The third kappa shape index (κ3) is 4.27. The highest BCUT2D eigenvalue weighted by atomic mass is 19.3. The molecule has 0 spiro atoms. The second-order valence-corrected chi connectivity index (χ2v) is 7.73. The van der Waals surface area contributed by atoms with Crippen LogP contribution in [0.15, 0.2) is 24.4 Å². The van der Waals surface area contributed by atoms with Gasteiger partial charge in [0.1, 0.15) is 11.4 Å². The van der Waals surface area contributed by atoms with Crippen LogP contribution in [0.5, 0.6) is 5.75 Å². The minimum Gasteiger partial charge on any atom is -0.492 e. The van der Waals surface area contributed by atoms with E-state index in [1.165, 1.54) is 29.3 Å². The van der Waals surface area contributed by atoms with Crippen LogP contribution >= 0.6 is 0 Å². The highest BCUT2D eigenvalue weighted by Gasteiger charge is 2.46. The largest absolute Gasteiger partial charge is 0.492 e. The molecule has 1 saturated carbocycles. The van der Waals surface area contributed by atoms with Gasteiger partial charge in [-0.05, 0) is 38.0 Å². The molecule has 2 aromatic rings. The number of aromatic nitrogens is 2. The molecule has 3 N–H and O–H groups in total. The van der Waals surface area contributed by atoms with E-state index in [0.717, 1.165) is 25.7 Å². The van der Waals surface area contributed by atoms with Crippen LogP contribution in [0, 0.1) is 0 Å². The van der Waals surface area contributed by atoms with Crippen molar-refractivity contribution in [1.29, 1.82) is 0 Å². The minimum absolute atomic E-state index is 0.0548. The number of nitrogens with one attached hydrogen (secondary N) is 2. The smallest absolute Gasteiger partial charge is 0.341 e. The number of carbonyl (C=O) groups is 2. The predicted octanol–water partition coefficient (Wildman–Crippen LogP) is 3.65. The van der Waals surface area contributed by atoms with Crippen LogP contribution in [0.1, 0.15) is 43.0 Å². The van der Waals surface area contributed by atoms with Crippen molar-refractivity contribution >= 4 is 35.0 Å². The zero-order chi connectivity index (χ0) is 22.9. The van der Waals surface area contributed by atoms with Crippen LogP contribution in [0.3, 0.4) is 0 Å². The molecule has 4 rings (SSSR count). The van der Waals surface area contributed by atoms with Gasteiger partial charge in [0.05, 0.1) is 30.6 Å². The number of carbonyl (C=O) groups excluding carboxylic acids is 1. The van der Waals surface area contributed by atoms with Gasteiger partial charge in [0.15, 0.2) is 5.82 Å². The van der Waals surface area contributed by atoms with Crippen molar-refractivity contribution in [3.8, 4) is 5.75 Å². The van der Waals surface area contributed by atoms with E-state index in [0.29, 0.717) is 18.0 Å². The van der Waals surface area contributed by atoms with Gasteiger partial charge in [-0.15, -0.1) is 0 Å². The highest BCUT2D eigenvalue weighted by Crippen LogP contribution is 2.38. The number of ether oxygens (including phenoxy) is 1. The molecular formula is C21H23F2N5O4. The Morgan fingerprint density at radius 1 is 1.38 bits per heavy atom. The van der Waals surface area contributed by atoms with E-state index in [9.17, 15) is 23.5 Å². The molecule has 32 heavy (non-hydrogen) atoms. The maximum Gasteiger partial charge on any atom is 0.341 e. The number of carboxylic acids is 1. The number of hydrogen-bond acceptors (Lipinski definition) is 7. The lowest BCUT2D eigenvalue weighted by molar-refractivity contribution is -0.138. The van der Waals surface area contributed by atoms with E-state index in [1.807, 2.05) is 0 Å². The molecule has 170 valence electrons. The number of alkyl halides is 2. The molecule has 0 unspecified atom stereocenters. The number of benzene rings is 1. The zero-order valence-corrected chi connectivity index (χ0v) is 17.4. The van der Waals surface area contributed by atoms with E-state index >= 15 is 0 Å². The molecule has 11 heteroatoms. The number of aromatic carboxylic acids is 1. The van der Waals surface area contributed by atoms with Gasteiger partial charge in [0, 0.05) is 6.04 Å². The van der Waals surface area contributed by atoms with Gasteiger partial charge < -0.3 is 25.4 Å². The summed E-state index contributed by atoms with van der Waals surface area (Å²) in [5.41, 5.74) is 0.599. The summed E-state index contributed by atoms with van der Waals surface area (Å²) in [5.74, 6) is -5.42. The third-order valence-electron chi connectivity index (χ3n) is 5.53. The van der Waals surface area contributed by atoms with Gasteiger partial charge in [-0.3, -0.25) is 4.79 Å². The molecule has 1 aliphatic heterocycles. The number of hydrogen-bond donors (Lipinski definition) is 3. The van der Waals surface area contributed by atoms with Gasteiger partial charge in [0.25, 0.3) is 5.91 Å². The highest BCUT2D eigenvalue weighted by molar-refractivity contribution is 6.00. The predicted molar refractivity (Wildman–Crippen MR) is 113 cm³/mol. The molecule has 2 aliphatic rings. The number of rotatable bonds is 6. The summed E-state index contributed by atoms with van der Waals surface area (Å²) >= 11 is 0. The Balaban J connectivity index is 1.70. The van der Waals surface area contributed by atoms with Gasteiger partial charge in [0.2, 0.25) is 5.95 Å². The summed E-state index contributed by atoms with van der Waals surface area (Å²) in [6.45, 7) is 1.31. The van der Waals surface area contributed by atoms with Crippen LogP contribution in [-0.2, 0) is 4.79 Å². The lowest BCUT2D eigenvalue weighted by atomic mass is 10.2. The zero-order valence-electron chi connectivity index (χ0n) is 17.4. The topological polar surface area (TPSA) is 117 Å². The lowest BCUT2D eigenvalue weighted by Crippen LogP contribution is -2.46. The first-order chi connectivity index (χ1) is 15.3. The monoisotopic (exact) mass is 447 g/mol. The molecule has 2 heterocycles. The van der Waals surface area contributed by atoms with E-state index in [2.05, 4.69) is 20.6 Å². The second kappa shape index (κ2) is 8.56. The molecule has 1 aromatic heterocycles. The SMILES string of the molecule is CCOc1cc(C(=O)O)ccc1Nc1ncc2c(n1)N(C1CCCC1)CC(F)(F)C(=O)N2. The third-order valence-corrected chi connectivity index (χ3v) is 5.53. The Kier molecular flexibility index (Phi) is 5.81. The van der Waals surface area contributed by atoms with Crippen molar-refractivity contribution in [2.24, 2.45) is 0 Å². The average Bonchev–Trinajstić information content (AvgIpc) is 3.26. The molecule has 0 radical (unpaired) electrons. The number of carboxylic acid groups (broad SMARTS) is 1. The molecule has 1 aliphatic carbocycles. The number of halogens is 2. The van der Waals surface area contributed by atoms with Crippen molar-refractivity contribution in [1.82, 2.24) is 9.97 Å². The Labute approximate surface area is 182 Å². The van der Waals surface area contributed by atoms with Crippen LogP contribution in [0.25, 0.3) is 0 Å². The Morgan fingerprint density at radius 2 is 2.12 bits per heavy atom. The van der Waals surface area contributed by atoms with Crippen LogP contribution in [0.2, 0.25) is 0 Å². The van der Waals surface area contributed by atoms with Crippen molar-refractivity contribution in [3.05, 3.63) is 30.0 Å². The molecule has 9 nitrogen and oxygen atoms in total. The molecule has 1 aromatic carbocycles. The van der Waals surface area contributed by atoms with Crippen molar-refractivity contribution in [2.75, 3.05) is 28.7 Å². The fraction of sp³-hybridized carbons (Fsp3) is 0.429. The Hall–Kier alpha value is -3.50. The maximum absolute atomic E-state index is 14.4. The standard InChI is InChI=1S/C21H23F2N5O4/c1-2-32-16-9-12(18(29)30)7-8-14(16)26-20-24-10-15-17(27-20)28(13-5-3-4-6-13)11-21(22,23)19(31)25-15/h7-10,13H,2-6,11H2,1H3,(H,25,31)(H,29,30)(H,24,26,27). The average molecular weight is 447 g/mol. The van der Waals surface area contributed by atoms with Crippen molar-refractivity contribution in [2.45, 2.75) is 44.6 Å². The maximum atomic E-state index is 14.4. The van der Waals surface area contributed by atoms with E-state index in [1.54, 1.807) is 6.92 Å². The Morgan fingerprint density at radius 3 is 2.81 bits per heavy atom. The van der Waals surface area contributed by atoms with E-state index in [4.69, 9.17) is 4.74 Å². The first-order valence-corrected chi connectivity index (χ1v) is 10.4. The summed E-state index contributed by atoms with van der Waals surface area (Å²) in [5, 5.41) is 14.4. The molecule has 0 saturated heterocycles. The second-order valence-electron chi connectivity index (χ2n) is 7.73. The number of fused-ring (bicyclic) bond motifs is 1. The minimum atomic E-state index is -3.56. The molecule has 0 bridgehead atoms. The first kappa shape index (κ1) is 21.7. The van der Waals surface area contributed by atoms with Crippen LogP contribution in [-0.4, -0.2) is 52.1 Å². The summed E-state index contributed by atoms with van der Waals surface area (Å²) in [6, 6.07) is 4.16. The fourth-order valence-corrected chi connectivity index (χ4v) is 3.99. The summed E-state index contributed by atoms with van der Waals surface area (Å²) in [7, 11) is 0. The van der Waals surface area contributed by atoms with Crippen LogP contribution < -0.4 is 20.3 Å². The van der Waals surface area contributed by atoms with Crippen molar-refractivity contribution < 1.29 is 28.2 Å². The molecule has 1 fully saturated rings. The summed E-state index contributed by atoms with van der Waals surface area (Å²) in [6.07, 6.45) is 4.61. The lowest BCUT2D eigenvalue weighted by Gasteiger charge is -2.31. The number of nitrogens with zero attached hydrogens (tertiary/aromatic N) is 3. The van der Waals surface area contributed by atoms with Gasteiger partial charge >= 0.3 is 11.9 Å². The van der Waals surface area contributed by atoms with E-state index < -0.39 is 24.3 Å². The van der Waals surface area contributed by atoms with Gasteiger partial charge in [-0.2, -0.15) is 13.8 Å². The number of anilines is 4. The first-order valence-electron chi connectivity index (χ1n) is 10.4. The normalized spacial score (nSPS) is 18.0. The van der Waals surface area contributed by atoms with E-state index in [-0.39, 0.29) is 29.1 Å². The van der Waals surface area contributed by atoms with Crippen molar-refractivity contribution in [3.63, 3.8) is 0 Å². The van der Waals surface area contributed by atoms with Crippen LogP contribution in [0.4, 0.5) is 31.9 Å².